The summed E-state index contributed by atoms with van der Waals surface area (Å²) in [6.45, 7) is 4.40. The molecule has 1 saturated heterocycles. The van der Waals surface area contributed by atoms with Gasteiger partial charge in [0, 0.05) is 19.1 Å². The van der Waals surface area contributed by atoms with Gasteiger partial charge in [0.1, 0.15) is 0 Å². The van der Waals surface area contributed by atoms with Crippen molar-refractivity contribution in [2.24, 2.45) is 5.92 Å². The summed E-state index contributed by atoms with van der Waals surface area (Å²) in [5.41, 5.74) is 0. The third-order valence-electron chi connectivity index (χ3n) is 3.37. The van der Waals surface area contributed by atoms with Crippen molar-refractivity contribution in [2.45, 2.75) is 38.9 Å². The predicted octanol–water partition coefficient (Wildman–Crippen LogP) is 3.30. The standard InChI is InChI=1S/C11H17F3N4S/c1-7(2)18-9(15-16-10(18)19)17-5-3-4-8(6-17)11(12,13)14/h7-8H,3-6H2,1-2H3,(H,16,19). The Kier molecular flexibility index (Phi) is 3.89. The first-order valence-electron chi connectivity index (χ1n) is 6.29. The summed E-state index contributed by atoms with van der Waals surface area (Å²) in [5.74, 6) is -0.777. The Morgan fingerprint density at radius 2 is 2.11 bits per heavy atom. The van der Waals surface area contributed by atoms with Crippen LogP contribution in [0.25, 0.3) is 0 Å². The van der Waals surface area contributed by atoms with Crippen LogP contribution in [-0.4, -0.2) is 34.0 Å². The van der Waals surface area contributed by atoms with E-state index in [9.17, 15) is 13.2 Å². The topological polar surface area (TPSA) is 36.9 Å². The number of nitrogens with zero attached hydrogens (tertiary/aromatic N) is 3. The van der Waals surface area contributed by atoms with Crippen LogP contribution in [0.5, 0.6) is 0 Å². The van der Waals surface area contributed by atoms with Gasteiger partial charge in [0.2, 0.25) is 5.95 Å². The van der Waals surface area contributed by atoms with Crippen LogP contribution in [-0.2, 0) is 0 Å². The van der Waals surface area contributed by atoms with Crippen LogP contribution in [0.1, 0.15) is 32.7 Å². The van der Waals surface area contributed by atoms with E-state index in [-0.39, 0.29) is 19.0 Å². The zero-order valence-electron chi connectivity index (χ0n) is 10.9. The zero-order valence-corrected chi connectivity index (χ0v) is 11.7. The summed E-state index contributed by atoms with van der Waals surface area (Å²) in [6, 6.07) is 0.0625. The number of hydrogen-bond acceptors (Lipinski definition) is 3. The van der Waals surface area contributed by atoms with Gasteiger partial charge in [0.15, 0.2) is 4.77 Å². The summed E-state index contributed by atoms with van der Waals surface area (Å²) in [7, 11) is 0. The molecule has 8 heteroatoms. The molecular weight excluding hydrogens is 277 g/mol. The molecular formula is C11H17F3N4S. The molecule has 4 nitrogen and oxygen atoms in total. The van der Waals surface area contributed by atoms with E-state index < -0.39 is 12.1 Å². The molecule has 1 unspecified atom stereocenters. The molecule has 1 N–H and O–H groups in total. The van der Waals surface area contributed by atoms with Crippen molar-refractivity contribution in [3.8, 4) is 0 Å². The van der Waals surface area contributed by atoms with E-state index in [1.807, 2.05) is 13.8 Å². The highest BCUT2D eigenvalue weighted by Gasteiger charge is 2.42. The van der Waals surface area contributed by atoms with Gasteiger partial charge >= 0.3 is 6.18 Å². The fourth-order valence-electron chi connectivity index (χ4n) is 2.41. The molecule has 0 saturated carbocycles. The molecule has 0 bridgehead atoms. The largest absolute Gasteiger partial charge is 0.393 e. The molecule has 0 aromatic carbocycles. The van der Waals surface area contributed by atoms with E-state index in [1.54, 1.807) is 9.47 Å². The van der Waals surface area contributed by atoms with Gasteiger partial charge < -0.3 is 4.90 Å². The van der Waals surface area contributed by atoms with E-state index in [2.05, 4.69) is 10.2 Å². The van der Waals surface area contributed by atoms with Gasteiger partial charge in [0.05, 0.1) is 5.92 Å². The SMILES string of the molecule is CC(C)n1c(N2CCCC(C(F)(F)F)C2)n[nH]c1=S. The van der Waals surface area contributed by atoms with Crippen molar-refractivity contribution < 1.29 is 13.2 Å². The van der Waals surface area contributed by atoms with Crippen molar-refractivity contribution in [3.63, 3.8) is 0 Å². The Balaban J connectivity index is 2.25. The number of hydrogen-bond donors (Lipinski definition) is 1. The lowest BCUT2D eigenvalue weighted by Crippen LogP contribution is -2.43. The van der Waals surface area contributed by atoms with Crippen LogP contribution in [0.2, 0.25) is 0 Å². The van der Waals surface area contributed by atoms with Gasteiger partial charge in [0.25, 0.3) is 0 Å². The molecule has 1 fully saturated rings. The minimum atomic E-state index is -4.14. The first-order valence-corrected chi connectivity index (χ1v) is 6.70. The summed E-state index contributed by atoms with van der Waals surface area (Å²) >= 11 is 5.12. The van der Waals surface area contributed by atoms with Crippen molar-refractivity contribution in [1.82, 2.24) is 14.8 Å². The quantitative estimate of drug-likeness (QED) is 0.850. The van der Waals surface area contributed by atoms with E-state index in [1.165, 1.54) is 0 Å². The fourth-order valence-corrected chi connectivity index (χ4v) is 2.75. The highest BCUT2D eigenvalue weighted by molar-refractivity contribution is 7.71. The van der Waals surface area contributed by atoms with Gasteiger partial charge in [-0.25, -0.2) is 5.10 Å². The Morgan fingerprint density at radius 3 is 2.68 bits per heavy atom. The molecule has 1 atom stereocenters. The Bertz CT molecular complexity index is 491. The third kappa shape index (κ3) is 2.93. The van der Waals surface area contributed by atoms with Crippen LogP contribution >= 0.6 is 12.2 Å². The summed E-state index contributed by atoms with van der Waals surface area (Å²) in [6.07, 6.45) is -3.44. The normalized spacial score (nSPS) is 21.2. The number of rotatable bonds is 2. The summed E-state index contributed by atoms with van der Waals surface area (Å²) < 4.78 is 40.6. The second-order valence-electron chi connectivity index (χ2n) is 5.12. The number of aromatic amines is 1. The molecule has 0 amide bonds. The van der Waals surface area contributed by atoms with E-state index >= 15 is 0 Å². The highest BCUT2D eigenvalue weighted by atomic mass is 32.1. The van der Waals surface area contributed by atoms with Crippen molar-refractivity contribution >= 4 is 18.2 Å². The second kappa shape index (κ2) is 5.15. The maximum atomic E-state index is 12.8. The number of alkyl halides is 3. The van der Waals surface area contributed by atoms with Crippen LogP contribution < -0.4 is 4.90 Å². The smallest absolute Gasteiger partial charge is 0.340 e. The fraction of sp³-hybridized carbons (Fsp3) is 0.818. The lowest BCUT2D eigenvalue weighted by Gasteiger charge is -2.34. The first kappa shape index (κ1) is 14.4. The molecule has 1 aliphatic rings. The monoisotopic (exact) mass is 294 g/mol. The number of anilines is 1. The number of nitrogens with one attached hydrogen (secondary N) is 1. The maximum Gasteiger partial charge on any atom is 0.393 e. The molecule has 1 aliphatic heterocycles. The zero-order chi connectivity index (χ0) is 14.2. The lowest BCUT2D eigenvalue weighted by molar-refractivity contribution is -0.176. The van der Waals surface area contributed by atoms with Gasteiger partial charge in [-0.1, -0.05) is 0 Å². The molecule has 2 heterocycles. The maximum absolute atomic E-state index is 12.8. The molecule has 1 aromatic heterocycles. The summed E-state index contributed by atoms with van der Waals surface area (Å²) in [5, 5.41) is 6.74. The predicted molar refractivity (Wildman–Crippen MR) is 68.8 cm³/mol. The Labute approximate surface area is 114 Å². The Morgan fingerprint density at radius 1 is 1.42 bits per heavy atom. The first-order chi connectivity index (χ1) is 8.80. The average molecular weight is 294 g/mol. The van der Waals surface area contributed by atoms with Gasteiger partial charge in [-0.15, -0.1) is 5.10 Å². The molecule has 1 aromatic rings. The number of piperidine rings is 1. The number of halogens is 3. The van der Waals surface area contributed by atoms with E-state index in [0.29, 0.717) is 23.7 Å². The van der Waals surface area contributed by atoms with Crippen LogP contribution in [0.3, 0.4) is 0 Å². The van der Waals surface area contributed by atoms with Crippen molar-refractivity contribution in [3.05, 3.63) is 4.77 Å². The Hall–Kier alpha value is -1.05. The molecule has 0 aliphatic carbocycles. The van der Waals surface area contributed by atoms with Crippen molar-refractivity contribution in [1.29, 1.82) is 0 Å². The molecule has 108 valence electrons. The molecule has 2 rings (SSSR count). The minimum absolute atomic E-state index is 0.0458. The van der Waals surface area contributed by atoms with Gasteiger partial charge in [-0.2, -0.15) is 13.2 Å². The lowest BCUT2D eigenvalue weighted by atomic mass is 9.98. The van der Waals surface area contributed by atoms with E-state index in [0.717, 1.165) is 0 Å². The van der Waals surface area contributed by atoms with Gasteiger partial charge in [-0.3, -0.25) is 4.57 Å². The minimum Gasteiger partial charge on any atom is -0.340 e. The summed E-state index contributed by atoms with van der Waals surface area (Å²) in [4.78, 5) is 1.67. The molecule has 0 radical (unpaired) electrons. The van der Waals surface area contributed by atoms with Crippen LogP contribution in [0, 0.1) is 10.7 Å². The highest BCUT2D eigenvalue weighted by Crippen LogP contribution is 2.34. The third-order valence-corrected chi connectivity index (χ3v) is 3.66. The number of aromatic nitrogens is 3. The number of H-pyrrole nitrogens is 1. The average Bonchev–Trinajstić information content (AvgIpc) is 2.70. The van der Waals surface area contributed by atoms with E-state index in [4.69, 9.17) is 12.2 Å². The second-order valence-corrected chi connectivity index (χ2v) is 5.51. The molecule has 19 heavy (non-hydrogen) atoms. The van der Waals surface area contributed by atoms with Crippen molar-refractivity contribution in [2.75, 3.05) is 18.0 Å². The van der Waals surface area contributed by atoms with Crippen LogP contribution in [0.15, 0.2) is 0 Å². The molecule has 0 spiro atoms. The van der Waals surface area contributed by atoms with Crippen LogP contribution in [0.4, 0.5) is 19.1 Å². The van der Waals surface area contributed by atoms with Gasteiger partial charge in [-0.05, 0) is 38.9 Å².